The fourth-order valence-electron chi connectivity index (χ4n) is 1.95. The molecule has 2 heterocycles. The standard InChI is InChI=1S/C17H13N3O/c1-13-5-7-14(8-6-13)17(21)18-10-9-15-12-19-16-4-2-3-11-20(15)16/h2-8,11-12H,1H3,(H,18,21). The average Bonchev–Trinajstić information content (AvgIpc) is 2.91. The zero-order valence-electron chi connectivity index (χ0n) is 11.5. The molecule has 1 aromatic carbocycles. The van der Waals surface area contributed by atoms with Gasteiger partial charge in [-0.3, -0.25) is 14.5 Å². The Kier molecular flexibility index (Phi) is 3.40. The maximum absolute atomic E-state index is 11.9. The molecule has 1 N–H and O–H groups in total. The van der Waals surface area contributed by atoms with Crippen LogP contribution in [0.1, 0.15) is 21.6 Å². The number of amides is 1. The van der Waals surface area contributed by atoms with E-state index in [-0.39, 0.29) is 5.91 Å². The number of rotatable bonds is 1. The van der Waals surface area contributed by atoms with E-state index in [2.05, 4.69) is 22.3 Å². The average molecular weight is 275 g/mol. The lowest BCUT2D eigenvalue weighted by molar-refractivity contribution is 0.0973. The second kappa shape index (κ2) is 5.51. The van der Waals surface area contributed by atoms with E-state index in [4.69, 9.17) is 0 Å². The van der Waals surface area contributed by atoms with Crippen LogP contribution in [0.15, 0.2) is 54.9 Å². The van der Waals surface area contributed by atoms with Gasteiger partial charge in [-0.05, 0) is 37.1 Å². The number of pyridine rings is 1. The Balaban J connectivity index is 1.76. The van der Waals surface area contributed by atoms with Crippen molar-refractivity contribution in [3.63, 3.8) is 0 Å². The minimum absolute atomic E-state index is 0.212. The Morgan fingerprint density at radius 1 is 1.19 bits per heavy atom. The number of imidazole rings is 1. The van der Waals surface area contributed by atoms with Crippen LogP contribution >= 0.6 is 0 Å². The first-order chi connectivity index (χ1) is 10.2. The topological polar surface area (TPSA) is 46.4 Å². The Bertz CT molecular complexity index is 851. The van der Waals surface area contributed by atoms with Crippen LogP contribution in [0.25, 0.3) is 5.65 Å². The van der Waals surface area contributed by atoms with Crippen LogP contribution in [0.5, 0.6) is 0 Å². The van der Waals surface area contributed by atoms with Gasteiger partial charge in [0.25, 0.3) is 5.91 Å². The van der Waals surface area contributed by atoms with E-state index >= 15 is 0 Å². The van der Waals surface area contributed by atoms with Crippen molar-refractivity contribution >= 4 is 11.6 Å². The number of benzene rings is 1. The molecule has 0 radical (unpaired) electrons. The van der Waals surface area contributed by atoms with Crippen LogP contribution < -0.4 is 5.32 Å². The Hall–Kier alpha value is -3.06. The lowest BCUT2D eigenvalue weighted by atomic mass is 10.1. The van der Waals surface area contributed by atoms with Gasteiger partial charge in [-0.25, -0.2) is 4.98 Å². The molecule has 4 heteroatoms. The number of hydrogen-bond acceptors (Lipinski definition) is 2. The smallest absolute Gasteiger partial charge is 0.262 e. The molecule has 4 nitrogen and oxygen atoms in total. The fourth-order valence-corrected chi connectivity index (χ4v) is 1.95. The third kappa shape index (κ3) is 2.77. The maximum atomic E-state index is 11.9. The first-order valence-electron chi connectivity index (χ1n) is 6.54. The van der Waals surface area contributed by atoms with Crippen molar-refractivity contribution in [2.75, 3.05) is 0 Å². The Morgan fingerprint density at radius 2 is 2.00 bits per heavy atom. The lowest BCUT2D eigenvalue weighted by Gasteiger charge is -1.98. The Labute approximate surface area is 122 Å². The molecule has 0 atom stereocenters. The summed E-state index contributed by atoms with van der Waals surface area (Å²) in [6.45, 7) is 1.98. The van der Waals surface area contributed by atoms with Gasteiger partial charge in [0.1, 0.15) is 11.3 Å². The zero-order chi connectivity index (χ0) is 14.7. The first-order valence-corrected chi connectivity index (χ1v) is 6.54. The minimum atomic E-state index is -0.212. The van der Waals surface area contributed by atoms with Gasteiger partial charge in [0, 0.05) is 17.8 Å². The molecule has 3 rings (SSSR count). The summed E-state index contributed by atoms with van der Waals surface area (Å²) in [4.78, 5) is 16.1. The molecule has 0 spiro atoms. The third-order valence-corrected chi connectivity index (χ3v) is 3.10. The van der Waals surface area contributed by atoms with E-state index in [1.54, 1.807) is 18.3 Å². The molecule has 0 aliphatic carbocycles. The summed E-state index contributed by atoms with van der Waals surface area (Å²) in [6.07, 6.45) is 3.56. The van der Waals surface area contributed by atoms with Crippen molar-refractivity contribution in [3.8, 4) is 12.0 Å². The maximum Gasteiger partial charge on any atom is 0.262 e. The fraction of sp³-hybridized carbons (Fsp3) is 0.0588. The quantitative estimate of drug-likeness (QED) is 0.547. The lowest BCUT2D eigenvalue weighted by Crippen LogP contribution is -2.17. The van der Waals surface area contributed by atoms with E-state index in [1.807, 2.05) is 47.9 Å². The number of carbonyl (C=O) groups is 1. The number of hydrogen-bond donors (Lipinski definition) is 1. The predicted molar refractivity (Wildman–Crippen MR) is 80.7 cm³/mol. The molecule has 3 aromatic rings. The first kappa shape index (κ1) is 12.9. The normalized spacial score (nSPS) is 9.95. The van der Waals surface area contributed by atoms with Gasteiger partial charge in [0.05, 0.1) is 6.20 Å². The predicted octanol–water partition coefficient (Wildman–Crippen LogP) is 2.38. The van der Waals surface area contributed by atoms with Gasteiger partial charge < -0.3 is 0 Å². The number of carbonyl (C=O) groups excluding carboxylic acids is 1. The minimum Gasteiger partial charge on any atom is -0.293 e. The van der Waals surface area contributed by atoms with Crippen molar-refractivity contribution in [1.29, 1.82) is 0 Å². The number of aromatic nitrogens is 2. The number of nitrogens with zero attached hydrogens (tertiary/aromatic N) is 2. The summed E-state index contributed by atoms with van der Waals surface area (Å²) in [6, 6.07) is 15.8. The zero-order valence-corrected chi connectivity index (χ0v) is 11.5. The van der Waals surface area contributed by atoms with Crippen molar-refractivity contribution in [2.45, 2.75) is 6.92 Å². The van der Waals surface area contributed by atoms with Crippen LogP contribution in [0.4, 0.5) is 0 Å². The van der Waals surface area contributed by atoms with Crippen LogP contribution in [0.3, 0.4) is 0 Å². The molecular formula is C17H13N3O. The molecule has 0 aliphatic rings. The SMILES string of the molecule is Cc1ccc(C(=O)NC#Cc2cnc3ccccn23)cc1. The van der Waals surface area contributed by atoms with Gasteiger partial charge in [-0.2, -0.15) is 0 Å². The van der Waals surface area contributed by atoms with E-state index in [0.717, 1.165) is 16.9 Å². The molecule has 1 amide bonds. The molecule has 0 aliphatic heterocycles. The van der Waals surface area contributed by atoms with Crippen LogP contribution in [0, 0.1) is 18.9 Å². The van der Waals surface area contributed by atoms with Crippen molar-refractivity contribution in [1.82, 2.24) is 14.7 Å². The number of fused-ring (bicyclic) bond motifs is 1. The second-order valence-corrected chi connectivity index (χ2v) is 4.64. The van der Waals surface area contributed by atoms with E-state index < -0.39 is 0 Å². The van der Waals surface area contributed by atoms with Crippen molar-refractivity contribution in [3.05, 3.63) is 71.7 Å². The summed E-state index contributed by atoms with van der Waals surface area (Å²) < 4.78 is 1.87. The van der Waals surface area contributed by atoms with Gasteiger partial charge in [-0.1, -0.05) is 23.8 Å². The summed E-state index contributed by atoms with van der Waals surface area (Å²) >= 11 is 0. The highest BCUT2D eigenvalue weighted by atomic mass is 16.1. The van der Waals surface area contributed by atoms with Crippen LogP contribution in [-0.4, -0.2) is 15.3 Å². The summed E-state index contributed by atoms with van der Waals surface area (Å²) in [7, 11) is 0. The highest BCUT2D eigenvalue weighted by molar-refractivity contribution is 5.95. The molecule has 2 aromatic heterocycles. The molecule has 0 bridgehead atoms. The summed E-state index contributed by atoms with van der Waals surface area (Å²) in [5.74, 6) is 2.69. The molecular weight excluding hydrogens is 262 g/mol. The molecule has 21 heavy (non-hydrogen) atoms. The molecule has 0 fully saturated rings. The van der Waals surface area contributed by atoms with Crippen LogP contribution in [0.2, 0.25) is 0 Å². The molecule has 0 saturated heterocycles. The van der Waals surface area contributed by atoms with E-state index in [0.29, 0.717) is 5.56 Å². The molecule has 0 saturated carbocycles. The highest BCUT2D eigenvalue weighted by Crippen LogP contribution is 2.04. The molecule has 0 unspecified atom stereocenters. The second-order valence-electron chi connectivity index (χ2n) is 4.64. The van der Waals surface area contributed by atoms with Gasteiger partial charge >= 0.3 is 0 Å². The number of aryl methyl sites for hydroxylation is 1. The van der Waals surface area contributed by atoms with Gasteiger partial charge in [0.15, 0.2) is 0 Å². The van der Waals surface area contributed by atoms with Crippen molar-refractivity contribution in [2.24, 2.45) is 0 Å². The number of nitrogens with one attached hydrogen (secondary N) is 1. The third-order valence-electron chi connectivity index (χ3n) is 3.10. The van der Waals surface area contributed by atoms with Gasteiger partial charge in [-0.15, -0.1) is 0 Å². The van der Waals surface area contributed by atoms with Gasteiger partial charge in [0.2, 0.25) is 0 Å². The summed E-state index contributed by atoms with van der Waals surface area (Å²) in [5.41, 5.74) is 3.26. The highest BCUT2D eigenvalue weighted by Gasteiger charge is 2.02. The van der Waals surface area contributed by atoms with Crippen LogP contribution in [-0.2, 0) is 0 Å². The van der Waals surface area contributed by atoms with E-state index in [9.17, 15) is 4.79 Å². The Morgan fingerprint density at radius 3 is 2.81 bits per heavy atom. The van der Waals surface area contributed by atoms with Crippen molar-refractivity contribution < 1.29 is 4.79 Å². The largest absolute Gasteiger partial charge is 0.293 e. The molecule has 102 valence electrons. The monoisotopic (exact) mass is 275 g/mol. The summed E-state index contributed by atoms with van der Waals surface area (Å²) in [5, 5.41) is 2.58. The van der Waals surface area contributed by atoms with E-state index in [1.165, 1.54) is 0 Å².